The standard InChI is InChI=1S/C21H17N3O5/c1-11(25)22-20-17-18(13-6-4-5-7-16(13)29-21(17)26)23-19(24-20)14-10-12(27-2)8-9-15(14)28-3/h4-10H,1-3H3,(H,22,23,24,25). The van der Waals surface area contributed by atoms with Crippen molar-refractivity contribution in [3.8, 4) is 22.9 Å². The van der Waals surface area contributed by atoms with Gasteiger partial charge in [0.05, 0.1) is 25.3 Å². The highest BCUT2D eigenvalue weighted by Crippen LogP contribution is 2.34. The Balaban J connectivity index is 2.13. The Morgan fingerprint density at radius 1 is 1.07 bits per heavy atom. The van der Waals surface area contributed by atoms with Gasteiger partial charge < -0.3 is 19.2 Å². The largest absolute Gasteiger partial charge is 0.497 e. The topological polar surface area (TPSA) is 104 Å². The van der Waals surface area contributed by atoms with Gasteiger partial charge in [-0.2, -0.15) is 0 Å². The van der Waals surface area contributed by atoms with Crippen LogP contribution in [0.1, 0.15) is 6.92 Å². The Hall–Kier alpha value is -3.94. The normalized spacial score (nSPS) is 10.9. The summed E-state index contributed by atoms with van der Waals surface area (Å²) in [5.74, 6) is 1.07. The summed E-state index contributed by atoms with van der Waals surface area (Å²) in [6, 6.07) is 12.3. The van der Waals surface area contributed by atoms with E-state index in [1.165, 1.54) is 14.0 Å². The van der Waals surface area contributed by atoms with Gasteiger partial charge in [-0.3, -0.25) is 4.79 Å². The molecule has 0 aliphatic rings. The predicted octanol–water partition coefficient (Wildman–Crippen LogP) is 3.38. The van der Waals surface area contributed by atoms with Crippen LogP contribution in [0.4, 0.5) is 5.82 Å². The van der Waals surface area contributed by atoms with Crippen LogP contribution >= 0.6 is 0 Å². The second-order valence-electron chi connectivity index (χ2n) is 6.25. The number of nitrogens with zero attached hydrogens (tertiary/aromatic N) is 2. The third-order valence-corrected chi connectivity index (χ3v) is 4.40. The Kier molecular flexibility index (Phi) is 4.59. The van der Waals surface area contributed by atoms with Crippen molar-refractivity contribution in [1.82, 2.24) is 9.97 Å². The van der Waals surface area contributed by atoms with Crippen LogP contribution in [0, 0.1) is 0 Å². The van der Waals surface area contributed by atoms with E-state index < -0.39 is 5.63 Å². The molecule has 0 saturated carbocycles. The summed E-state index contributed by atoms with van der Waals surface area (Å²) in [7, 11) is 3.08. The predicted molar refractivity (Wildman–Crippen MR) is 108 cm³/mol. The number of aromatic nitrogens is 2. The van der Waals surface area contributed by atoms with Crippen LogP contribution in [0.25, 0.3) is 33.3 Å². The molecular formula is C21H17N3O5. The van der Waals surface area contributed by atoms with E-state index in [1.54, 1.807) is 43.5 Å². The van der Waals surface area contributed by atoms with Crippen molar-refractivity contribution < 1.29 is 18.7 Å². The van der Waals surface area contributed by atoms with Crippen LogP contribution in [-0.4, -0.2) is 30.1 Å². The fourth-order valence-electron chi connectivity index (χ4n) is 3.12. The van der Waals surface area contributed by atoms with Crippen LogP contribution in [0.3, 0.4) is 0 Å². The number of anilines is 1. The molecule has 8 heteroatoms. The number of benzene rings is 2. The summed E-state index contributed by atoms with van der Waals surface area (Å²) >= 11 is 0. The number of hydrogen-bond donors (Lipinski definition) is 1. The lowest BCUT2D eigenvalue weighted by molar-refractivity contribution is -0.114. The van der Waals surface area contributed by atoms with Crippen LogP contribution < -0.4 is 20.4 Å². The highest BCUT2D eigenvalue weighted by Gasteiger charge is 2.19. The molecule has 2 aromatic heterocycles. The number of nitrogens with one attached hydrogen (secondary N) is 1. The smallest absolute Gasteiger partial charge is 0.349 e. The number of rotatable bonds is 4. The molecule has 1 N–H and O–H groups in total. The second-order valence-corrected chi connectivity index (χ2v) is 6.25. The van der Waals surface area contributed by atoms with Crippen molar-refractivity contribution in [2.45, 2.75) is 6.92 Å². The summed E-state index contributed by atoms with van der Waals surface area (Å²) in [5.41, 5.74) is 0.681. The molecule has 0 saturated heterocycles. The van der Waals surface area contributed by atoms with Gasteiger partial charge in [-0.1, -0.05) is 12.1 Å². The van der Waals surface area contributed by atoms with Gasteiger partial charge >= 0.3 is 5.63 Å². The number of carbonyl (C=O) groups is 1. The zero-order valence-corrected chi connectivity index (χ0v) is 16.0. The molecule has 0 aliphatic carbocycles. The van der Waals surface area contributed by atoms with Gasteiger partial charge in [-0.25, -0.2) is 14.8 Å². The molecule has 4 rings (SSSR count). The van der Waals surface area contributed by atoms with Gasteiger partial charge in [0, 0.05) is 12.3 Å². The molecule has 1 amide bonds. The molecule has 0 spiro atoms. The maximum atomic E-state index is 12.6. The Morgan fingerprint density at radius 2 is 1.86 bits per heavy atom. The van der Waals surface area contributed by atoms with Crippen LogP contribution in [0.2, 0.25) is 0 Å². The highest BCUT2D eigenvalue weighted by molar-refractivity contribution is 6.08. The number of para-hydroxylation sites is 1. The zero-order chi connectivity index (χ0) is 20.5. The highest BCUT2D eigenvalue weighted by atomic mass is 16.5. The first-order chi connectivity index (χ1) is 14.0. The monoisotopic (exact) mass is 391 g/mol. The maximum Gasteiger partial charge on any atom is 0.349 e. The van der Waals surface area contributed by atoms with E-state index in [1.807, 2.05) is 6.07 Å². The summed E-state index contributed by atoms with van der Waals surface area (Å²) in [6.45, 7) is 1.34. The van der Waals surface area contributed by atoms with Crippen molar-refractivity contribution in [1.29, 1.82) is 0 Å². The number of ether oxygens (including phenoxy) is 2. The minimum absolute atomic E-state index is 0.0712. The van der Waals surface area contributed by atoms with Gasteiger partial charge in [0.25, 0.3) is 0 Å². The van der Waals surface area contributed by atoms with E-state index in [9.17, 15) is 9.59 Å². The summed E-state index contributed by atoms with van der Waals surface area (Å²) in [5, 5.41) is 3.33. The van der Waals surface area contributed by atoms with Gasteiger partial charge in [-0.05, 0) is 30.3 Å². The third kappa shape index (κ3) is 3.25. The van der Waals surface area contributed by atoms with E-state index in [0.29, 0.717) is 33.5 Å². The summed E-state index contributed by atoms with van der Waals surface area (Å²) in [6.07, 6.45) is 0. The summed E-state index contributed by atoms with van der Waals surface area (Å²) < 4.78 is 16.1. The number of carbonyl (C=O) groups excluding carboxylic acids is 1. The van der Waals surface area contributed by atoms with E-state index in [4.69, 9.17) is 13.9 Å². The fourth-order valence-corrected chi connectivity index (χ4v) is 3.12. The SMILES string of the molecule is COc1ccc(OC)c(-c2nc(NC(C)=O)c3c(=O)oc4ccccc4c3n2)c1. The molecule has 2 heterocycles. The maximum absolute atomic E-state index is 12.6. The van der Waals surface area contributed by atoms with E-state index in [2.05, 4.69) is 15.3 Å². The fraction of sp³-hybridized carbons (Fsp3) is 0.143. The molecule has 0 unspecified atom stereocenters. The molecule has 4 aromatic rings. The quantitative estimate of drug-likeness (QED) is 0.420. The lowest BCUT2D eigenvalue weighted by Gasteiger charge is -2.13. The van der Waals surface area contributed by atoms with Gasteiger partial charge in [-0.15, -0.1) is 0 Å². The zero-order valence-electron chi connectivity index (χ0n) is 16.0. The third-order valence-electron chi connectivity index (χ3n) is 4.40. The minimum atomic E-state index is -0.633. The Morgan fingerprint density at radius 3 is 2.59 bits per heavy atom. The van der Waals surface area contributed by atoms with E-state index >= 15 is 0 Å². The molecule has 2 aromatic carbocycles. The van der Waals surface area contributed by atoms with Crippen molar-refractivity contribution in [2.24, 2.45) is 0 Å². The van der Waals surface area contributed by atoms with E-state index in [0.717, 1.165) is 0 Å². The van der Waals surface area contributed by atoms with Crippen molar-refractivity contribution in [3.63, 3.8) is 0 Å². The number of fused-ring (bicyclic) bond motifs is 3. The first-order valence-corrected chi connectivity index (χ1v) is 8.75. The molecule has 146 valence electrons. The molecular weight excluding hydrogens is 374 g/mol. The van der Waals surface area contributed by atoms with Crippen LogP contribution in [-0.2, 0) is 4.79 Å². The van der Waals surface area contributed by atoms with Gasteiger partial charge in [0.15, 0.2) is 11.6 Å². The van der Waals surface area contributed by atoms with Crippen LogP contribution in [0.15, 0.2) is 51.7 Å². The first-order valence-electron chi connectivity index (χ1n) is 8.75. The molecule has 8 nitrogen and oxygen atoms in total. The lowest BCUT2D eigenvalue weighted by Crippen LogP contribution is -2.13. The van der Waals surface area contributed by atoms with E-state index in [-0.39, 0.29) is 22.9 Å². The Labute approximate surface area is 165 Å². The van der Waals surface area contributed by atoms with Crippen molar-refractivity contribution >= 4 is 33.6 Å². The Bertz CT molecular complexity index is 1310. The number of hydrogen-bond acceptors (Lipinski definition) is 7. The van der Waals surface area contributed by atoms with Crippen LogP contribution in [0.5, 0.6) is 11.5 Å². The van der Waals surface area contributed by atoms with Crippen molar-refractivity contribution in [2.75, 3.05) is 19.5 Å². The lowest BCUT2D eigenvalue weighted by atomic mass is 10.1. The number of amides is 1. The molecule has 29 heavy (non-hydrogen) atoms. The minimum Gasteiger partial charge on any atom is -0.497 e. The van der Waals surface area contributed by atoms with Gasteiger partial charge in [0.2, 0.25) is 5.91 Å². The second kappa shape index (κ2) is 7.23. The summed E-state index contributed by atoms with van der Waals surface area (Å²) in [4.78, 5) is 33.4. The molecule has 0 fully saturated rings. The molecule has 0 aliphatic heterocycles. The van der Waals surface area contributed by atoms with Gasteiger partial charge in [0.1, 0.15) is 22.5 Å². The van der Waals surface area contributed by atoms with Crippen molar-refractivity contribution in [3.05, 3.63) is 52.9 Å². The number of methoxy groups -OCH3 is 2. The average molecular weight is 391 g/mol. The average Bonchev–Trinajstić information content (AvgIpc) is 2.72. The first kappa shape index (κ1) is 18.4. The molecule has 0 bridgehead atoms. The molecule has 0 atom stereocenters. The molecule has 0 radical (unpaired) electrons.